The first-order valence-electron chi connectivity index (χ1n) is 8.95. The summed E-state index contributed by atoms with van der Waals surface area (Å²) in [7, 11) is -2.79. The number of hydrogen-bond acceptors (Lipinski definition) is 6. The molecule has 1 aromatic carbocycles. The highest BCUT2D eigenvalue weighted by Crippen LogP contribution is 2.45. The SMILES string of the molecule is Cc1cc(C)c(C(C)(C)CC(=O)OC(=O)OCC(C)C)c(OP(C)(C)=O)c1. The van der Waals surface area contributed by atoms with Crippen molar-refractivity contribution in [1.29, 1.82) is 0 Å². The van der Waals surface area contributed by atoms with E-state index in [9.17, 15) is 14.2 Å². The Morgan fingerprint density at radius 3 is 2.26 bits per heavy atom. The maximum atomic E-state index is 12.2. The van der Waals surface area contributed by atoms with Crippen LogP contribution in [0.3, 0.4) is 0 Å². The van der Waals surface area contributed by atoms with Gasteiger partial charge in [-0.05, 0) is 37.0 Å². The van der Waals surface area contributed by atoms with Crippen molar-refractivity contribution in [3.8, 4) is 5.75 Å². The molecule has 0 bridgehead atoms. The number of carbonyl (C=O) groups is 2. The molecule has 0 unspecified atom stereocenters. The van der Waals surface area contributed by atoms with Gasteiger partial charge < -0.3 is 14.0 Å². The standard InChI is InChI=1S/C20H31O6P/c1-13(2)12-24-19(22)25-17(21)11-20(5,6)18-15(4)9-14(3)10-16(18)26-27(7,8)23/h9-10,13H,11-12H2,1-8H3. The van der Waals surface area contributed by atoms with Gasteiger partial charge >= 0.3 is 12.1 Å². The van der Waals surface area contributed by atoms with E-state index in [-0.39, 0.29) is 18.9 Å². The first-order chi connectivity index (χ1) is 12.2. The molecule has 7 heteroatoms. The molecule has 152 valence electrons. The quantitative estimate of drug-likeness (QED) is 0.356. The summed E-state index contributed by atoms with van der Waals surface area (Å²) >= 11 is 0. The Morgan fingerprint density at radius 1 is 1.15 bits per heavy atom. The second kappa shape index (κ2) is 8.92. The number of carbonyl (C=O) groups excluding carboxylic acids is 2. The van der Waals surface area contributed by atoms with Crippen molar-refractivity contribution in [2.75, 3.05) is 19.9 Å². The minimum atomic E-state index is -2.79. The van der Waals surface area contributed by atoms with Crippen LogP contribution in [0.2, 0.25) is 0 Å². The van der Waals surface area contributed by atoms with E-state index in [1.54, 1.807) is 13.3 Å². The van der Waals surface area contributed by atoms with E-state index in [1.165, 1.54) is 0 Å². The maximum Gasteiger partial charge on any atom is 0.516 e. The van der Waals surface area contributed by atoms with Crippen molar-refractivity contribution >= 4 is 19.5 Å². The van der Waals surface area contributed by atoms with Crippen LogP contribution >= 0.6 is 7.37 Å². The molecule has 1 aromatic rings. The summed E-state index contributed by atoms with van der Waals surface area (Å²) in [5, 5.41) is 0. The van der Waals surface area contributed by atoms with Crippen LogP contribution in [0.4, 0.5) is 4.79 Å². The third-order valence-corrected chi connectivity index (χ3v) is 4.39. The maximum absolute atomic E-state index is 12.2. The molecule has 0 aromatic heterocycles. The molecule has 0 aliphatic carbocycles. The highest BCUT2D eigenvalue weighted by molar-refractivity contribution is 7.57. The zero-order valence-corrected chi connectivity index (χ0v) is 18.4. The summed E-state index contributed by atoms with van der Waals surface area (Å²) in [4.78, 5) is 23.9. The molecular weight excluding hydrogens is 367 g/mol. The number of rotatable bonds is 7. The minimum absolute atomic E-state index is 0.0538. The monoisotopic (exact) mass is 398 g/mol. The lowest BCUT2D eigenvalue weighted by Crippen LogP contribution is -2.27. The average molecular weight is 398 g/mol. The van der Waals surface area contributed by atoms with Crippen molar-refractivity contribution in [3.63, 3.8) is 0 Å². The van der Waals surface area contributed by atoms with Crippen LogP contribution in [0, 0.1) is 19.8 Å². The summed E-state index contributed by atoms with van der Waals surface area (Å²) < 4.78 is 27.6. The van der Waals surface area contributed by atoms with Gasteiger partial charge in [0.25, 0.3) is 0 Å². The van der Waals surface area contributed by atoms with Crippen molar-refractivity contribution in [1.82, 2.24) is 0 Å². The van der Waals surface area contributed by atoms with Crippen LogP contribution in [0.25, 0.3) is 0 Å². The Hall–Kier alpha value is -1.81. The highest BCUT2D eigenvalue weighted by atomic mass is 31.2. The lowest BCUT2D eigenvalue weighted by Gasteiger charge is -2.29. The lowest BCUT2D eigenvalue weighted by molar-refractivity contribution is -0.141. The molecule has 27 heavy (non-hydrogen) atoms. The second-order valence-corrected chi connectivity index (χ2v) is 11.0. The molecule has 0 fully saturated rings. The van der Waals surface area contributed by atoms with Gasteiger partial charge in [0.05, 0.1) is 13.0 Å². The Labute approximate surface area is 162 Å². The van der Waals surface area contributed by atoms with E-state index < -0.39 is 24.9 Å². The number of esters is 1. The summed E-state index contributed by atoms with van der Waals surface area (Å²) in [6.45, 7) is 14.6. The molecule has 0 atom stereocenters. The summed E-state index contributed by atoms with van der Waals surface area (Å²) in [5.41, 5.74) is 1.95. The molecule has 1 rings (SSSR count). The zero-order chi connectivity index (χ0) is 21.0. The van der Waals surface area contributed by atoms with Crippen molar-refractivity contribution < 1.29 is 28.2 Å². The molecule has 0 heterocycles. The molecular formula is C20H31O6P. The fourth-order valence-corrected chi connectivity index (χ4v) is 3.56. The molecule has 6 nitrogen and oxygen atoms in total. The van der Waals surface area contributed by atoms with Gasteiger partial charge in [0.2, 0.25) is 7.37 Å². The molecule has 0 spiro atoms. The molecule has 0 saturated heterocycles. The fraction of sp³-hybridized carbons (Fsp3) is 0.600. The topological polar surface area (TPSA) is 78.9 Å². The van der Waals surface area contributed by atoms with E-state index >= 15 is 0 Å². The summed E-state index contributed by atoms with van der Waals surface area (Å²) in [6.07, 6.45) is -1.05. The predicted octanol–water partition coefficient (Wildman–Crippen LogP) is 5.22. The number of hydrogen-bond donors (Lipinski definition) is 0. The van der Waals surface area contributed by atoms with E-state index in [1.807, 2.05) is 53.7 Å². The van der Waals surface area contributed by atoms with E-state index in [0.717, 1.165) is 16.7 Å². The van der Waals surface area contributed by atoms with Crippen LogP contribution in [-0.2, 0) is 24.2 Å². The number of benzene rings is 1. The van der Waals surface area contributed by atoms with Crippen LogP contribution in [-0.4, -0.2) is 32.1 Å². The van der Waals surface area contributed by atoms with Crippen molar-refractivity contribution in [3.05, 3.63) is 28.8 Å². The first-order valence-corrected chi connectivity index (χ1v) is 11.5. The second-order valence-electron chi connectivity index (χ2n) is 8.29. The highest BCUT2D eigenvalue weighted by Gasteiger charge is 2.32. The van der Waals surface area contributed by atoms with Crippen LogP contribution in [0.5, 0.6) is 5.75 Å². The normalized spacial score (nSPS) is 12.0. The zero-order valence-electron chi connectivity index (χ0n) is 17.5. The lowest BCUT2D eigenvalue weighted by atomic mass is 9.78. The van der Waals surface area contributed by atoms with Crippen LogP contribution in [0.1, 0.15) is 50.8 Å². The summed E-state index contributed by atoms with van der Waals surface area (Å²) in [5.74, 6) is -0.0466. The molecule has 0 N–H and O–H groups in total. The van der Waals surface area contributed by atoms with E-state index in [2.05, 4.69) is 0 Å². The van der Waals surface area contributed by atoms with Crippen LogP contribution < -0.4 is 4.52 Å². The molecule has 0 aliphatic heterocycles. The largest absolute Gasteiger partial charge is 0.516 e. The van der Waals surface area contributed by atoms with Crippen molar-refractivity contribution in [2.24, 2.45) is 5.92 Å². The van der Waals surface area contributed by atoms with Gasteiger partial charge in [-0.25, -0.2) is 4.79 Å². The summed E-state index contributed by atoms with van der Waals surface area (Å²) in [6, 6.07) is 3.79. The Bertz CT molecular complexity index is 745. The van der Waals surface area contributed by atoms with Gasteiger partial charge in [0.15, 0.2) is 0 Å². The van der Waals surface area contributed by atoms with Crippen LogP contribution in [0.15, 0.2) is 12.1 Å². The molecule has 0 amide bonds. The Balaban J connectivity index is 3.04. The van der Waals surface area contributed by atoms with Gasteiger partial charge in [-0.15, -0.1) is 0 Å². The third-order valence-electron chi connectivity index (χ3n) is 3.76. The Morgan fingerprint density at radius 2 is 1.74 bits per heavy atom. The molecule has 0 saturated carbocycles. The number of aryl methyl sites for hydroxylation is 2. The smallest absolute Gasteiger partial charge is 0.443 e. The molecule has 0 aliphatic rings. The molecule has 0 radical (unpaired) electrons. The van der Waals surface area contributed by atoms with Gasteiger partial charge in [-0.1, -0.05) is 33.8 Å². The van der Waals surface area contributed by atoms with E-state index in [0.29, 0.717) is 5.75 Å². The average Bonchev–Trinajstić information content (AvgIpc) is 2.40. The van der Waals surface area contributed by atoms with Gasteiger partial charge in [0, 0.05) is 24.3 Å². The van der Waals surface area contributed by atoms with Crippen molar-refractivity contribution in [2.45, 2.75) is 53.4 Å². The minimum Gasteiger partial charge on any atom is -0.443 e. The Kier molecular flexibility index (Phi) is 7.67. The van der Waals surface area contributed by atoms with Gasteiger partial charge in [0.1, 0.15) is 5.75 Å². The van der Waals surface area contributed by atoms with E-state index in [4.69, 9.17) is 14.0 Å². The predicted molar refractivity (Wildman–Crippen MR) is 106 cm³/mol. The van der Waals surface area contributed by atoms with Gasteiger partial charge in [-0.3, -0.25) is 9.36 Å². The third kappa shape index (κ3) is 7.76. The van der Waals surface area contributed by atoms with Gasteiger partial charge in [-0.2, -0.15) is 0 Å². The first kappa shape index (κ1) is 23.2. The number of ether oxygens (including phenoxy) is 2. The fourth-order valence-electron chi connectivity index (χ4n) is 2.95.